The maximum atomic E-state index is 12.4. The highest BCUT2D eigenvalue weighted by atomic mass is 19.4. The molecule has 2 unspecified atom stereocenters. The van der Waals surface area contributed by atoms with Gasteiger partial charge in [0.1, 0.15) is 6.04 Å². The number of benzene rings is 1. The fourth-order valence-corrected chi connectivity index (χ4v) is 2.63. The van der Waals surface area contributed by atoms with Gasteiger partial charge in [-0.1, -0.05) is 30.3 Å². The van der Waals surface area contributed by atoms with Crippen LogP contribution in [0.2, 0.25) is 0 Å². The largest absolute Gasteiger partial charge is 0.480 e. The summed E-state index contributed by atoms with van der Waals surface area (Å²) >= 11 is 0. The van der Waals surface area contributed by atoms with Crippen LogP contribution in [0.3, 0.4) is 0 Å². The summed E-state index contributed by atoms with van der Waals surface area (Å²) in [5, 5.41) is 10.7. The first-order valence-electron chi connectivity index (χ1n) is 7.57. The summed E-state index contributed by atoms with van der Waals surface area (Å²) in [6.45, 7) is 0.326. The van der Waals surface area contributed by atoms with Gasteiger partial charge < -0.3 is 15.3 Å². The average Bonchev–Trinajstić information content (AvgIpc) is 2.87. The van der Waals surface area contributed by atoms with Gasteiger partial charge in [-0.2, -0.15) is 13.2 Å². The normalized spacial score (nSPS) is 18.9. The van der Waals surface area contributed by atoms with Crippen LogP contribution in [0.15, 0.2) is 30.3 Å². The number of amides is 2. The van der Waals surface area contributed by atoms with Crippen molar-refractivity contribution in [3.63, 3.8) is 0 Å². The molecule has 1 fully saturated rings. The molecule has 0 radical (unpaired) electrons. The van der Waals surface area contributed by atoms with Gasteiger partial charge in [-0.15, -0.1) is 0 Å². The van der Waals surface area contributed by atoms with Gasteiger partial charge >= 0.3 is 12.1 Å². The Morgan fingerprint density at radius 2 is 1.92 bits per heavy atom. The first kappa shape index (κ1) is 18.8. The molecule has 1 aliphatic heterocycles. The molecular weight excluding hydrogens is 341 g/mol. The smallest absolute Gasteiger partial charge is 0.391 e. The maximum absolute atomic E-state index is 12.4. The zero-order valence-electron chi connectivity index (χ0n) is 13.1. The Labute approximate surface area is 141 Å². The van der Waals surface area contributed by atoms with Crippen LogP contribution in [0.25, 0.3) is 0 Å². The molecule has 1 aromatic carbocycles. The van der Waals surface area contributed by atoms with Gasteiger partial charge in [0, 0.05) is 19.5 Å². The van der Waals surface area contributed by atoms with Crippen molar-refractivity contribution in [3.8, 4) is 0 Å². The number of aliphatic carboxylic acids is 1. The van der Waals surface area contributed by atoms with Crippen LogP contribution in [0.1, 0.15) is 18.4 Å². The van der Waals surface area contributed by atoms with Crippen molar-refractivity contribution in [2.24, 2.45) is 5.92 Å². The second-order valence-corrected chi connectivity index (χ2v) is 5.88. The van der Waals surface area contributed by atoms with E-state index in [1.165, 1.54) is 4.90 Å². The van der Waals surface area contributed by atoms with E-state index in [0.717, 1.165) is 5.56 Å². The van der Waals surface area contributed by atoms with Crippen LogP contribution in [-0.2, 0) is 20.9 Å². The van der Waals surface area contributed by atoms with Crippen LogP contribution in [0, 0.1) is 5.92 Å². The van der Waals surface area contributed by atoms with E-state index in [1.54, 1.807) is 12.1 Å². The Bertz CT molecular complexity index is 649. The Morgan fingerprint density at radius 1 is 1.28 bits per heavy atom. The molecule has 0 aliphatic carbocycles. The van der Waals surface area contributed by atoms with E-state index < -0.39 is 36.4 Å². The molecule has 6 nitrogen and oxygen atoms in total. The van der Waals surface area contributed by atoms with E-state index in [4.69, 9.17) is 5.11 Å². The number of nitrogens with zero attached hydrogens (tertiary/aromatic N) is 1. The maximum Gasteiger partial charge on any atom is 0.391 e. The SMILES string of the molecule is O=C(NC(CC(F)(F)F)C(=O)O)C1CC(=O)N(Cc2ccccc2)C1. The monoisotopic (exact) mass is 358 g/mol. The van der Waals surface area contributed by atoms with Gasteiger partial charge in [-0.3, -0.25) is 9.59 Å². The van der Waals surface area contributed by atoms with Crippen molar-refractivity contribution in [1.29, 1.82) is 0 Å². The Kier molecular flexibility index (Phi) is 5.66. The lowest BCUT2D eigenvalue weighted by atomic mass is 10.1. The van der Waals surface area contributed by atoms with Crippen LogP contribution in [0.4, 0.5) is 13.2 Å². The number of carbonyl (C=O) groups is 3. The third-order valence-electron chi connectivity index (χ3n) is 3.85. The summed E-state index contributed by atoms with van der Waals surface area (Å²) in [7, 11) is 0. The van der Waals surface area contributed by atoms with Crippen molar-refractivity contribution in [3.05, 3.63) is 35.9 Å². The lowest BCUT2D eigenvalue weighted by molar-refractivity contribution is -0.160. The Morgan fingerprint density at radius 3 is 2.48 bits per heavy atom. The van der Waals surface area contributed by atoms with Crippen molar-refractivity contribution < 1.29 is 32.7 Å². The summed E-state index contributed by atoms with van der Waals surface area (Å²) < 4.78 is 37.1. The van der Waals surface area contributed by atoms with Crippen molar-refractivity contribution in [1.82, 2.24) is 10.2 Å². The predicted molar refractivity (Wildman–Crippen MR) is 80.2 cm³/mol. The molecule has 9 heteroatoms. The summed E-state index contributed by atoms with van der Waals surface area (Å²) in [6, 6.07) is 6.97. The molecule has 2 N–H and O–H groups in total. The molecule has 25 heavy (non-hydrogen) atoms. The summed E-state index contributed by atoms with van der Waals surface area (Å²) in [4.78, 5) is 36.4. The predicted octanol–water partition coefficient (Wildman–Crippen LogP) is 1.56. The van der Waals surface area contributed by atoms with Gasteiger partial charge in [0.25, 0.3) is 0 Å². The second kappa shape index (κ2) is 7.54. The van der Waals surface area contributed by atoms with E-state index in [9.17, 15) is 27.6 Å². The quantitative estimate of drug-likeness (QED) is 0.808. The zero-order valence-corrected chi connectivity index (χ0v) is 13.1. The number of carboxylic acids is 1. The number of alkyl halides is 3. The molecule has 136 valence electrons. The number of hydrogen-bond acceptors (Lipinski definition) is 3. The van der Waals surface area contributed by atoms with Crippen LogP contribution in [-0.4, -0.2) is 46.6 Å². The Hall–Kier alpha value is -2.58. The number of nitrogens with one attached hydrogen (secondary N) is 1. The summed E-state index contributed by atoms with van der Waals surface area (Å²) in [5.74, 6) is -3.80. The van der Waals surface area contributed by atoms with Crippen LogP contribution < -0.4 is 5.32 Å². The highest BCUT2D eigenvalue weighted by molar-refractivity contribution is 5.91. The van der Waals surface area contributed by atoms with E-state index in [1.807, 2.05) is 23.5 Å². The van der Waals surface area contributed by atoms with E-state index in [2.05, 4.69) is 0 Å². The molecule has 1 aromatic rings. The fourth-order valence-electron chi connectivity index (χ4n) is 2.63. The first-order chi connectivity index (χ1) is 11.7. The molecule has 0 bridgehead atoms. The van der Waals surface area contributed by atoms with Gasteiger partial charge in [0.05, 0.1) is 12.3 Å². The third kappa shape index (κ3) is 5.47. The minimum atomic E-state index is -4.72. The van der Waals surface area contributed by atoms with Gasteiger partial charge in [-0.05, 0) is 5.56 Å². The Balaban J connectivity index is 1.96. The fraction of sp³-hybridized carbons (Fsp3) is 0.438. The van der Waals surface area contributed by atoms with Gasteiger partial charge in [-0.25, -0.2) is 4.79 Å². The van der Waals surface area contributed by atoms with E-state index >= 15 is 0 Å². The van der Waals surface area contributed by atoms with Crippen molar-refractivity contribution in [2.45, 2.75) is 31.6 Å². The van der Waals surface area contributed by atoms with Gasteiger partial charge in [0.2, 0.25) is 11.8 Å². The molecular formula is C16H17F3N2O4. The third-order valence-corrected chi connectivity index (χ3v) is 3.85. The lowest BCUT2D eigenvalue weighted by Crippen LogP contribution is -2.46. The molecule has 2 rings (SSSR count). The number of halogens is 3. The van der Waals surface area contributed by atoms with E-state index in [-0.39, 0.29) is 25.4 Å². The number of carboxylic acid groups (broad SMARTS) is 1. The average molecular weight is 358 g/mol. The van der Waals surface area contributed by atoms with E-state index in [0.29, 0.717) is 0 Å². The number of hydrogen-bond donors (Lipinski definition) is 2. The molecule has 0 saturated carbocycles. The molecule has 1 aliphatic rings. The lowest BCUT2D eigenvalue weighted by Gasteiger charge is -2.19. The van der Waals surface area contributed by atoms with Gasteiger partial charge in [0.15, 0.2) is 0 Å². The molecule has 1 heterocycles. The molecule has 0 aromatic heterocycles. The number of likely N-dealkylation sites (tertiary alicyclic amines) is 1. The molecule has 0 spiro atoms. The van der Waals surface area contributed by atoms with Crippen molar-refractivity contribution in [2.75, 3.05) is 6.54 Å². The topological polar surface area (TPSA) is 86.7 Å². The highest BCUT2D eigenvalue weighted by Crippen LogP contribution is 2.24. The standard InChI is InChI=1S/C16H17F3N2O4/c17-16(18,19)7-12(15(24)25)20-14(23)11-6-13(22)21(9-11)8-10-4-2-1-3-5-10/h1-5,11-12H,6-9H2,(H,20,23)(H,24,25). The molecule has 1 saturated heterocycles. The number of rotatable bonds is 6. The minimum Gasteiger partial charge on any atom is -0.480 e. The summed E-state index contributed by atoms with van der Waals surface area (Å²) in [6.07, 6.45) is -6.54. The number of carbonyl (C=O) groups excluding carboxylic acids is 2. The second-order valence-electron chi connectivity index (χ2n) is 5.88. The minimum absolute atomic E-state index is 0.0396. The molecule has 2 amide bonds. The van der Waals surface area contributed by atoms with Crippen LogP contribution in [0.5, 0.6) is 0 Å². The molecule has 2 atom stereocenters. The summed E-state index contributed by atoms with van der Waals surface area (Å²) in [5.41, 5.74) is 0.859. The highest BCUT2D eigenvalue weighted by Gasteiger charge is 2.39. The van der Waals surface area contributed by atoms with Crippen molar-refractivity contribution >= 4 is 17.8 Å². The van der Waals surface area contributed by atoms with Crippen LogP contribution >= 0.6 is 0 Å². The zero-order chi connectivity index (χ0) is 18.6. The first-order valence-corrected chi connectivity index (χ1v) is 7.57.